The summed E-state index contributed by atoms with van der Waals surface area (Å²) in [5.74, 6) is -1.17. The van der Waals surface area contributed by atoms with Crippen molar-refractivity contribution in [2.75, 3.05) is 0 Å². The number of hydrogen-bond donors (Lipinski definition) is 2. The zero-order valence-corrected chi connectivity index (χ0v) is 21.4. The molecule has 0 aromatic heterocycles. The van der Waals surface area contributed by atoms with Crippen LogP contribution in [0.1, 0.15) is 101 Å². The molecule has 0 bridgehead atoms. The number of unbranched alkanes of at least 4 members (excludes halogenated alkanes) is 11. The second-order valence-electron chi connectivity index (χ2n) is 8.75. The average Bonchev–Trinajstić information content (AvgIpc) is 2.81. The number of halogens is 1. The van der Waals surface area contributed by atoms with Gasteiger partial charge in [-0.2, -0.15) is 0 Å². The molecule has 33 heavy (non-hydrogen) atoms. The predicted octanol–water partition coefficient (Wildman–Crippen LogP) is 7.40. The van der Waals surface area contributed by atoms with Crippen LogP contribution in [0.4, 0.5) is 0 Å². The molecule has 0 heterocycles. The molecule has 5 nitrogen and oxygen atoms in total. The van der Waals surface area contributed by atoms with Gasteiger partial charge in [-0.15, -0.1) is 0 Å². The summed E-state index contributed by atoms with van der Waals surface area (Å²) in [5, 5.41) is 11.3. The SMILES string of the molecule is CCCCCCCCCCCCCCC(Br)C(=O)Oc1cc(C(N)=O)c(O)c2ccccc12. The monoisotopic (exact) mass is 519 g/mol. The molecule has 182 valence electrons. The van der Waals surface area contributed by atoms with Crippen molar-refractivity contribution in [1.82, 2.24) is 0 Å². The van der Waals surface area contributed by atoms with Crippen molar-refractivity contribution >= 4 is 38.6 Å². The quantitative estimate of drug-likeness (QED) is 0.104. The van der Waals surface area contributed by atoms with Crippen LogP contribution in [0.3, 0.4) is 0 Å². The number of ether oxygens (including phenoxy) is 1. The van der Waals surface area contributed by atoms with Gasteiger partial charge in [0.15, 0.2) is 0 Å². The van der Waals surface area contributed by atoms with Crippen LogP contribution < -0.4 is 10.5 Å². The Balaban J connectivity index is 1.72. The maximum absolute atomic E-state index is 12.6. The van der Waals surface area contributed by atoms with Gasteiger partial charge in [-0.1, -0.05) is 124 Å². The number of nitrogens with two attached hydrogens (primary N) is 1. The molecule has 0 saturated heterocycles. The summed E-state index contributed by atoms with van der Waals surface area (Å²) < 4.78 is 5.59. The maximum atomic E-state index is 12.6. The molecule has 2 rings (SSSR count). The van der Waals surface area contributed by atoms with E-state index in [0.29, 0.717) is 17.2 Å². The Hall–Kier alpha value is -2.08. The third-order valence-corrected chi connectivity index (χ3v) is 6.85. The molecule has 0 saturated carbocycles. The van der Waals surface area contributed by atoms with E-state index in [0.717, 1.165) is 12.8 Å². The molecular formula is C27H38BrNO4. The standard InChI is InChI=1S/C27H38BrNO4/c1-2-3-4-5-6-7-8-9-10-11-12-13-18-23(28)27(32)33-24-19-22(26(29)31)25(30)21-17-15-14-16-20(21)24/h14-17,19,23,30H,2-13,18H2,1H3,(H2,29,31). The van der Waals surface area contributed by atoms with Crippen molar-refractivity contribution in [1.29, 1.82) is 0 Å². The molecule has 1 unspecified atom stereocenters. The molecule has 1 atom stereocenters. The summed E-state index contributed by atoms with van der Waals surface area (Å²) in [6.45, 7) is 2.25. The Bertz CT molecular complexity index is 899. The molecule has 0 spiro atoms. The number of carbonyl (C=O) groups excluding carboxylic acids is 2. The molecule has 0 fully saturated rings. The van der Waals surface area contributed by atoms with E-state index >= 15 is 0 Å². The number of esters is 1. The van der Waals surface area contributed by atoms with E-state index in [9.17, 15) is 14.7 Å². The highest BCUT2D eigenvalue weighted by Crippen LogP contribution is 2.36. The molecule has 6 heteroatoms. The Morgan fingerprint density at radius 3 is 1.97 bits per heavy atom. The second kappa shape index (κ2) is 14.9. The minimum atomic E-state index is -0.776. The van der Waals surface area contributed by atoms with E-state index in [1.54, 1.807) is 24.3 Å². The Morgan fingerprint density at radius 1 is 0.909 bits per heavy atom. The highest BCUT2D eigenvalue weighted by Gasteiger charge is 2.21. The molecule has 1 amide bonds. The van der Waals surface area contributed by atoms with Gasteiger partial charge in [0.2, 0.25) is 0 Å². The van der Waals surface area contributed by atoms with Gasteiger partial charge in [-0.3, -0.25) is 9.59 Å². The fourth-order valence-corrected chi connectivity index (χ4v) is 4.47. The van der Waals surface area contributed by atoms with E-state index in [1.165, 1.54) is 70.3 Å². The largest absolute Gasteiger partial charge is 0.506 e. The number of primary amides is 1. The first-order valence-corrected chi connectivity index (χ1v) is 13.3. The number of aromatic hydroxyl groups is 1. The first-order chi connectivity index (χ1) is 16.0. The number of carbonyl (C=O) groups is 2. The third-order valence-electron chi connectivity index (χ3n) is 6.02. The van der Waals surface area contributed by atoms with Crippen molar-refractivity contribution in [2.24, 2.45) is 5.73 Å². The number of alkyl halides is 1. The lowest BCUT2D eigenvalue weighted by Crippen LogP contribution is -2.21. The van der Waals surface area contributed by atoms with Crippen LogP contribution in [-0.4, -0.2) is 21.8 Å². The number of phenols is 1. The van der Waals surface area contributed by atoms with Gasteiger partial charge < -0.3 is 15.6 Å². The highest BCUT2D eigenvalue weighted by molar-refractivity contribution is 9.10. The van der Waals surface area contributed by atoms with E-state index in [1.807, 2.05) is 0 Å². The van der Waals surface area contributed by atoms with Crippen LogP contribution in [0, 0.1) is 0 Å². The average molecular weight is 521 g/mol. The zero-order valence-electron chi connectivity index (χ0n) is 19.8. The van der Waals surface area contributed by atoms with Crippen LogP contribution in [0.25, 0.3) is 10.8 Å². The van der Waals surface area contributed by atoms with Gasteiger partial charge in [-0.05, 0) is 12.5 Å². The Morgan fingerprint density at radius 2 is 1.42 bits per heavy atom. The normalized spacial score (nSPS) is 12.1. The number of rotatable bonds is 16. The van der Waals surface area contributed by atoms with Gasteiger partial charge in [-0.25, -0.2) is 0 Å². The van der Waals surface area contributed by atoms with Crippen LogP contribution in [0.2, 0.25) is 0 Å². The molecule has 0 aliphatic carbocycles. The molecular weight excluding hydrogens is 482 g/mol. The molecule has 3 N–H and O–H groups in total. The van der Waals surface area contributed by atoms with Gasteiger partial charge in [0.25, 0.3) is 5.91 Å². The zero-order chi connectivity index (χ0) is 24.1. The number of fused-ring (bicyclic) bond motifs is 1. The lowest BCUT2D eigenvalue weighted by molar-refractivity contribution is -0.133. The van der Waals surface area contributed by atoms with Gasteiger partial charge in [0, 0.05) is 10.8 Å². The molecule has 2 aromatic rings. The van der Waals surface area contributed by atoms with Crippen LogP contribution in [-0.2, 0) is 4.79 Å². The van der Waals surface area contributed by atoms with Gasteiger partial charge in [0.1, 0.15) is 16.3 Å². The first-order valence-electron chi connectivity index (χ1n) is 12.4. The van der Waals surface area contributed by atoms with Crippen LogP contribution in [0.5, 0.6) is 11.5 Å². The minimum absolute atomic E-state index is 0.0661. The fraction of sp³-hybridized carbons (Fsp3) is 0.556. The van der Waals surface area contributed by atoms with Crippen molar-refractivity contribution in [3.05, 3.63) is 35.9 Å². The number of benzene rings is 2. The smallest absolute Gasteiger partial charge is 0.325 e. The summed E-state index contributed by atoms with van der Waals surface area (Å²) in [5.41, 5.74) is 5.31. The van der Waals surface area contributed by atoms with E-state index in [-0.39, 0.29) is 17.1 Å². The van der Waals surface area contributed by atoms with E-state index < -0.39 is 16.7 Å². The van der Waals surface area contributed by atoms with Gasteiger partial charge in [0.05, 0.1) is 5.56 Å². The van der Waals surface area contributed by atoms with Crippen molar-refractivity contribution in [3.63, 3.8) is 0 Å². The number of hydrogen-bond acceptors (Lipinski definition) is 4. The predicted molar refractivity (Wildman–Crippen MR) is 138 cm³/mol. The second-order valence-corrected chi connectivity index (χ2v) is 9.85. The van der Waals surface area contributed by atoms with Crippen molar-refractivity contribution in [2.45, 2.75) is 95.2 Å². The molecule has 0 aliphatic heterocycles. The Labute approximate surface area is 206 Å². The summed E-state index contributed by atoms with van der Waals surface area (Å²) in [7, 11) is 0. The molecule has 0 radical (unpaired) electrons. The third kappa shape index (κ3) is 9.00. The molecule has 2 aromatic carbocycles. The molecule has 0 aliphatic rings. The fourth-order valence-electron chi connectivity index (χ4n) is 4.05. The maximum Gasteiger partial charge on any atom is 0.325 e. The Kier molecular flexibility index (Phi) is 12.3. The number of amides is 1. The first kappa shape index (κ1) is 27.2. The van der Waals surface area contributed by atoms with E-state index in [2.05, 4.69) is 22.9 Å². The van der Waals surface area contributed by atoms with Crippen molar-refractivity contribution in [3.8, 4) is 11.5 Å². The van der Waals surface area contributed by atoms with Crippen LogP contribution in [0.15, 0.2) is 30.3 Å². The highest BCUT2D eigenvalue weighted by atomic mass is 79.9. The lowest BCUT2D eigenvalue weighted by Gasteiger charge is -2.14. The summed E-state index contributed by atoms with van der Waals surface area (Å²) in [4.78, 5) is 23.9. The summed E-state index contributed by atoms with van der Waals surface area (Å²) in [6.07, 6.45) is 15.9. The van der Waals surface area contributed by atoms with E-state index in [4.69, 9.17) is 10.5 Å². The summed E-state index contributed by atoms with van der Waals surface area (Å²) in [6, 6.07) is 8.24. The van der Waals surface area contributed by atoms with Crippen LogP contribution >= 0.6 is 15.9 Å². The summed E-state index contributed by atoms with van der Waals surface area (Å²) >= 11 is 3.44. The minimum Gasteiger partial charge on any atom is -0.506 e. The van der Waals surface area contributed by atoms with Gasteiger partial charge >= 0.3 is 5.97 Å². The topological polar surface area (TPSA) is 89.6 Å². The van der Waals surface area contributed by atoms with Crippen molar-refractivity contribution < 1.29 is 19.4 Å². The lowest BCUT2D eigenvalue weighted by atomic mass is 10.0.